The first kappa shape index (κ1) is 12.7. The van der Waals surface area contributed by atoms with E-state index in [4.69, 9.17) is 5.73 Å². The largest absolute Gasteiger partial charge is 0.349 e. The number of hydrogen-bond donors (Lipinski definition) is 2. The van der Waals surface area contributed by atoms with Crippen LogP contribution in [0, 0.1) is 5.92 Å². The quantitative estimate of drug-likeness (QED) is 0.761. The Labute approximate surface area is 96.0 Å². The van der Waals surface area contributed by atoms with E-state index in [1.807, 2.05) is 27.0 Å². The summed E-state index contributed by atoms with van der Waals surface area (Å²) in [5.74, 6) is 0.326. The highest BCUT2D eigenvalue weighted by molar-refractivity contribution is 5.81. The van der Waals surface area contributed by atoms with E-state index in [1.54, 1.807) is 10.9 Å². The van der Waals surface area contributed by atoms with E-state index in [-0.39, 0.29) is 5.91 Å². The Morgan fingerprint density at radius 2 is 2.31 bits per heavy atom. The highest BCUT2D eigenvalue weighted by Gasteiger charge is 2.14. The van der Waals surface area contributed by atoms with Crippen molar-refractivity contribution < 1.29 is 4.79 Å². The lowest BCUT2D eigenvalue weighted by atomic mass is 10.0. The molecule has 0 aliphatic heterocycles. The first-order valence-corrected chi connectivity index (χ1v) is 5.51. The molecule has 0 aliphatic carbocycles. The minimum absolute atomic E-state index is 0.102. The average molecular weight is 224 g/mol. The molecule has 1 aromatic rings. The van der Waals surface area contributed by atoms with Gasteiger partial charge in [0.15, 0.2) is 0 Å². The Balaban J connectivity index is 2.38. The van der Waals surface area contributed by atoms with Gasteiger partial charge in [0, 0.05) is 13.2 Å². The van der Waals surface area contributed by atoms with Crippen molar-refractivity contribution in [2.45, 2.75) is 32.9 Å². The third-order valence-corrected chi connectivity index (χ3v) is 2.43. The lowest BCUT2D eigenvalue weighted by Crippen LogP contribution is -2.41. The maximum Gasteiger partial charge on any atom is 0.237 e. The SMILES string of the molecule is CC(C)CC(N)C(=O)NCc1ccnn1C. The number of nitrogens with zero attached hydrogens (tertiary/aromatic N) is 2. The zero-order valence-electron chi connectivity index (χ0n) is 10.1. The maximum absolute atomic E-state index is 11.6. The van der Waals surface area contributed by atoms with Crippen LogP contribution in [0.5, 0.6) is 0 Å². The number of hydrogen-bond acceptors (Lipinski definition) is 3. The van der Waals surface area contributed by atoms with Crippen LogP contribution in [0.1, 0.15) is 26.0 Å². The van der Waals surface area contributed by atoms with Gasteiger partial charge in [0.25, 0.3) is 0 Å². The second kappa shape index (κ2) is 5.65. The van der Waals surface area contributed by atoms with Crippen molar-refractivity contribution in [3.05, 3.63) is 18.0 Å². The minimum Gasteiger partial charge on any atom is -0.349 e. The summed E-state index contributed by atoms with van der Waals surface area (Å²) in [4.78, 5) is 11.6. The molecule has 0 saturated carbocycles. The number of carbonyl (C=O) groups excluding carboxylic acids is 1. The summed E-state index contributed by atoms with van der Waals surface area (Å²) in [7, 11) is 1.84. The molecule has 0 aromatic carbocycles. The summed E-state index contributed by atoms with van der Waals surface area (Å²) in [6.07, 6.45) is 2.41. The lowest BCUT2D eigenvalue weighted by molar-refractivity contribution is -0.122. The van der Waals surface area contributed by atoms with E-state index in [0.29, 0.717) is 18.9 Å². The highest BCUT2D eigenvalue weighted by Crippen LogP contribution is 2.03. The van der Waals surface area contributed by atoms with E-state index in [9.17, 15) is 4.79 Å². The zero-order chi connectivity index (χ0) is 12.1. The molecule has 0 radical (unpaired) electrons. The van der Waals surface area contributed by atoms with Gasteiger partial charge in [-0.15, -0.1) is 0 Å². The molecule has 1 amide bonds. The van der Waals surface area contributed by atoms with Gasteiger partial charge in [-0.05, 0) is 18.4 Å². The summed E-state index contributed by atoms with van der Waals surface area (Å²) < 4.78 is 1.73. The number of amides is 1. The number of rotatable bonds is 5. The summed E-state index contributed by atoms with van der Waals surface area (Å²) in [5.41, 5.74) is 6.72. The average Bonchev–Trinajstić information content (AvgIpc) is 2.59. The number of nitrogens with two attached hydrogens (primary N) is 1. The molecule has 1 aromatic heterocycles. The van der Waals surface area contributed by atoms with Crippen LogP contribution in [-0.4, -0.2) is 21.7 Å². The van der Waals surface area contributed by atoms with E-state index in [2.05, 4.69) is 10.4 Å². The van der Waals surface area contributed by atoms with Crippen LogP contribution in [0.25, 0.3) is 0 Å². The molecule has 1 atom stereocenters. The fraction of sp³-hybridized carbons (Fsp3) is 0.636. The van der Waals surface area contributed by atoms with Gasteiger partial charge in [-0.1, -0.05) is 13.8 Å². The summed E-state index contributed by atoms with van der Waals surface area (Å²) in [6.45, 7) is 4.57. The zero-order valence-corrected chi connectivity index (χ0v) is 10.1. The fourth-order valence-electron chi connectivity index (χ4n) is 1.50. The molecule has 0 fully saturated rings. The van der Waals surface area contributed by atoms with Crippen LogP contribution in [0.4, 0.5) is 0 Å². The minimum atomic E-state index is -0.423. The van der Waals surface area contributed by atoms with Crippen molar-refractivity contribution >= 4 is 5.91 Å². The molecule has 3 N–H and O–H groups in total. The first-order valence-electron chi connectivity index (χ1n) is 5.51. The van der Waals surface area contributed by atoms with Crippen LogP contribution in [0.2, 0.25) is 0 Å². The van der Waals surface area contributed by atoms with Crippen molar-refractivity contribution in [3.8, 4) is 0 Å². The topological polar surface area (TPSA) is 72.9 Å². The molecule has 5 heteroatoms. The van der Waals surface area contributed by atoms with Gasteiger partial charge < -0.3 is 11.1 Å². The molecule has 90 valence electrons. The van der Waals surface area contributed by atoms with E-state index >= 15 is 0 Å². The standard InChI is InChI=1S/C11H20N4O/c1-8(2)6-10(12)11(16)13-7-9-4-5-14-15(9)3/h4-5,8,10H,6-7,12H2,1-3H3,(H,13,16). The molecular formula is C11H20N4O. The van der Waals surface area contributed by atoms with Crippen LogP contribution < -0.4 is 11.1 Å². The molecule has 5 nitrogen and oxygen atoms in total. The smallest absolute Gasteiger partial charge is 0.237 e. The molecule has 0 saturated heterocycles. The third kappa shape index (κ3) is 3.66. The molecule has 0 bridgehead atoms. The molecule has 0 aliphatic rings. The second-order valence-electron chi connectivity index (χ2n) is 4.40. The molecule has 1 rings (SSSR count). The van der Waals surface area contributed by atoms with Gasteiger partial charge in [-0.25, -0.2) is 0 Å². The Morgan fingerprint density at radius 1 is 1.62 bits per heavy atom. The van der Waals surface area contributed by atoms with Crippen LogP contribution in [-0.2, 0) is 18.4 Å². The summed E-state index contributed by atoms with van der Waals surface area (Å²) in [5, 5.41) is 6.83. The predicted molar refractivity (Wildman–Crippen MR) is 62.5 cm³/mol. The predicted octanol–water partition coefficient (Wildman–Crippen LogP) is 0.410. The molecule has 1 heterocycles. The van der Waals surface area contributed by atoms with Crippen molar-refractivity contribution in [1.82, 2.24) is 15.1 Å². The molecular weight excluding hydrogens is 204 g/mol. The van der Waals surface area contributed by atoms with Gasteiger partial charge in [0.05, 0.1) is 18.3 Å². The van der Waals surface area contributed by atoms with Gasteiger partial charge in [0.2, 0.25) is 5.91 Å². The second-order valence-corrected chi connectivity index (χ2v) is 4.40. The van der Waals surface area contributed by atoms with Crippen molar-refractivity contribution in [2.75, 3.05) is 0 Å². The Hall–Kier alpha value is -1.36. The lowest BCUT2D eigenvalue weighted by Gasteiger charge is -2.14. The number of carbonyl (C=O) groups is 1. The first-order chi connectivity index (χ1) is 7.50. The Bertz CT molecular complexity index is 346. The van der Waals surface area contributed by atoms with Crippen molar-refractivity contribution in [2.24, 2.45) is 18.7 Å². The van der Waals surface area contributed by atoms with E-state index < -0.39 is 6.04 Å². The van der Waals surface area contributed by atoms with Crippen LogP contribution in [0.15, 0.2) is 12.3 Å². The van der Waals surface area contributed by atoms with Gasteiger partial charge in [0.1, 0.15) is 0 Å². The Morgan fingerprint density at radius 3 is 2.81 bits per heavy atom. The fourth-order valence-corrected chi connectivity index (χ4v) is 1.50. The molecule has 1 unspecified atom stereocenters. The number of aromatic nitrogens is 2. The van der Waals surface area contributed by atoms with Crippen molar-refractivity contribution in [1.29, 1.82) is 0 Å². The van der Waals surface area contributed by atoms with E-state index in [1.165, 1.54) is 0 Å². The third-order valence-electron chi connectivity index (χ3n) is 2.43. The van der Waals surface area contributed by atoms with Crippen LogP contribution >= 0.6 is 0 Å². The van der Waals surface area contributed by atoms with Crippen LogP contribution in [0.3, 0.4) is 0 Å². The van der Waals surface area contributed by atoms with Crippen molar-refractivity contribution in [3.63, 3.8) is 0 Å². The Kier molecular flexibility index (Phi) is 4.49. The summed E-state index contributed by atoms with van der Waals surface area (Å²) >= 11 is 0. The van der Waals surface area contributed by atoms with Gasteiger partial charge in [-0.3, -0.25) is 9.48 Å². The van der Waals surface area contributed by atoms with Gasteiger partial charge in [-0.2, -0.15) is 5.10 Å². The maximum atomic E-state index is 11.6. The molecule has 0 spiro atoms. The normalized spacial score (nSPS) is 12.8. The number of aryl methyl sites for hydroxylation is 1. The monoisotopic (exact) mass is 224 g/mol. The highest BCUT2D eigenvalue weighted by atomic mass is 16.2. The summed E-state index contributed by atoms with van der Waals surface area (Å²) in [6, 6.07) is 1.45. The van der Waals surface area contributed by atoms with Gasteiger partial charge >= 0.3 is 0 Å². The number of nitrogens with one attached hydrogen (secondary N) is 1. The molecule has 16 heavy (non-hydrogen) atoms. The van der Waals surface area contributed by atoms with E-state index in [0.717, 1.165) is 5.69 Å².